The lowest BCUT2D eigenvalue weighted by atomic mass is 10.0. The highest BCUT2D eigenvalue weighted by Crippen LogP contribution is 2.34. The normalized spacial score (nSPS) is 19.0. The largest absolute Gasteiger partial charge is 0.307 e. The van der Waals surface area contributed by atoms with Gasteiger partial charge in [-0.05, 0) is 38.2 Å². The van der Waals surface area contributed by atoms with Gasteiger partial charge in [-0.15, -0.1) is 0 Å². The van der Waals surface area contributed by atoms with Crippen molar-refractivity contribution >= 4 is 0 Å². The van der Waals surface area contributed by atoms with E-state index >= 15 is 0 Å². The fourth-order valence-corrected chi connectivity index (χ4v) is 2.51. The minimum atomic E-state index is 0.518. The molecule has 2 unspecified atom stereocenters. The molecule has 1 aliphatic carbocycles. The molecule has 17 heavy (non-hydrogen) atoms. The fraction of sp³-hybridized carbons (Fsp3) is 0.625. The van der Waals surface area contributed by atoms with Gasteiger partial charge in [0.25, 0.3) is 0 Å². The van der Waals surface area contributed by atoms with E-state index < -0.39 is 0 Å². The average Bonchev–Trinajstić information content (AvgIpc) is 3.11. The minimum absolute atomic E-state index is 0.518. The van der Waals surface area contributed by atoms with Crippen LogP contribution in [-0.2, 0) is 0 Å². The summed E-state index contributed by atoms with van der Waals surface area (Å²) in [6.45, 7) is 6.74. The Labute approximate surface area is 106 Å². The molecule has 0 radical (unpaired) electrons. The Morgan fingerprint density at radius 3 is 2.41 bits per heavy atom. The lowest BCUT2D eigenvalue weighted by molar-refractivity contribution is 0.413. The summed E-state index contributed by atoms with van der Waals surface area (Å²) in [6, 6.07) is 10.1. The smallest absolute Gasteiger partial charge is 0.0319 e. The van der Waals surface area contributed by atoms with Crippen molar-refractivity contribution in [3.05, 3.63) is 35.4 Å². The van der Waals surface area contributed by atoms with E-state index in [4.69, 9.17) is 0 Å². The second-order valence-electron chi connectivity index (χ2n) is 5.62. The van der Waals surface area contributed by atoms with Gasteiger partial charge in [0.05, 0.1) is 0 Å². The first-order chi connectivity index (χ1) is 8.19. The van der Waals surface area contributed by atoms with Gasteiger partial charge in [-0.3, -0.25) is 0 Å². The topological polar surface area (TPSA) is 12.0 Å². The van der Waals surface area contributed by atoms with Crippen LogP contribution in [0.1, 0.15) is 56.7 Å². The predicted molar refractivity (Wildman–Crippen MR) is 74.1 cm³/mol. The first-order valence-corrected chi connectivity index (χ1v) is 7.01. The molecule has 1 saturated carbocycles. The van der Waals surface area contributed by atoms with Gasteiger partial charge in [-0.1, -0.05) is 49.6 Å². The molecule has 0 heterocycles. The van der Waals surface area contributed by atoms with Crippen molar-refractivity contribution in [1.82, 2.24) is 5.32 Å². The molecule has 0 spiro atoms. The van der Waals surface area contributed by atoms with Crippen molar-refractivity contribution in [3.63, 3.8) is 0 Å². The molecule has 0 amide bonds. The van der Waals surface area contributed by atoms with Gasteiger partial charge in [-0.2, -0.15) is 0 Å². The zero-order chi connectivity index (χ0) is 12.3. The van der Waals surface area contributed by atoms with E-state index in [1.807, 2.05) is 0 Å². The van der Waals surface area contributed by atoms with E-state index in [1.165, 1.54) is 30.4 Å². The summed E-state index contributed by atoms with van der Waals surface area (Å²) in [4.78, 5) is 0. The highest BCUT2D eigenvalue weighted by molar-refractivity contribution is 5.24. The number of benzene rings is 1. The molecular formula is C16H25N. The Morgan fingerprint density at radius 1 is 1.24 bits per heavy atom. The molecule has 0 aromatic heterocycles. The van der Waals surface area contributed by atoms with Crippen molar-refractivity contribution in [1.29, 1.82) is 0 Å². The van der Waals surface area contributed by atoms with Gasteiger partial charge in [0.15, 0.2) is 0 Å². The second kappa shape index (κ2) is 5.68. The maximum atomic E-state index is 3.77. The fourth-order valence-electron chi connectivity index (χ4n) is 2.51. The number of hydrogen-bond acceptors (Lipinski definition) is 1. The van der Waals surface area contributed by atoms with Crippen molar-refractivity contribution in [2.45, 2.75) is 58.5 Å². The summed E-state index contributed by atoms with van der Waals surface area (Å²) in [5.41, 5.74) is 2.77. The van der Waals surface area contributed by atoms with Crippen LogP contribution in [0.3, 0.4) is 0 Å². The lowest BCUT2D eigenvalue weighted by Crippen LogP contribution is -2.30. The standard InChI is InChI=1S/C16H25N/c1-4-16(15-9-5-12(2)6-10-15)17-13(3)11-14-7-8-14/h5-6,9-10,13-14,16-17H,4,7-8,11H2,1-3H3. The molecule has 1 aliphatic rings. The van der Waals surface area contributed by atoms with Crippen LogP contribution < -0.4 is 5.32 Å². The molecule has 2 rings (SSSR count). The average molecular weight is 231 g/mol. The van der Waals surface area contributed by atoms with Crippen molar-refractivity contribution in [2.75, 3.05) is 0 Å². The summed E-state index contributed by atoms with van der Waals surface area (Å²) in [6.07, 6.45) is 5.42. The number of aryl methyl sites for hydroxylation is 1. The number of hydrogen-bond donors (Lipinski definition) is 1. The van der Waals surface area contributed by atoms with Crippen LogP contribution in [0.4, 0.5) is 0 Å². The Hall–Kier alpha value is -0.820. The maximum Gasteiger partial charge on any atom is 0.0319 e. The van der Waals surface area contributed by atoms with Crippen molar-refractivity contribution in [3.8, 4) is 0 Å². The number of rotatable bonds is 6. The van der Waals surface area contributed by atoms with E-state index in [-0.39, 0.29) is 0 Å². The predicted octanol–water partition coefficient (Wildman–Crippen LogP) is 4.22. The molecule has 1 fully saturated rings. The van der Waals surface area contributed by atoms with Gasteiger partial charge in [-0.25, -0.2) is 0 Å². The van der Waals surface area contributed by atoms with E-state index in [9.17, 15) is 0 Å². The van der Waals surface area contributed by atoms with Gasteiger partial charge < -0.3 is 5.32 Å². The van der Waals surface area contributed by atoms with Crippen LogP contribution in [0.15, 0.2) is 24.3 Å². The third kappa shape index (κ3) is 3.85. The van der Waals surface area contributed by atoms with E-state index in [0.717, 1.165) is 12.3 Å². The molecule has 1 aromatic carbocycles. The SMILES string of the molecule is CCC(NC(C)CC1CC1)c1ccc(C)cc1. The molecule has 1 nitrogen and oxygen atoms in total. The molecule has 2 atom stereocenters. The zero-order valence-corrected chi connectivity index (χ0v) is 11.4. The molecule has 1 heteroatoms. The van der Waals surface area contributed by atoms with Crippen molar-refractivity contribution < 1.29 is 0 Å². The van der Waals surface area contributed by atoms with Crippen LogP contribution in [-0.4, -0.2) is 6.04 Å². The zero-order valence-electron chi connectivity index (χ0n) is 11.4. The maximum absolute atomic E-state index is 3.77. The Balaban J connectivity index is 1.92. The van der Waals surface area contributed by atoms with Crippen molar-refractivity contribution in [2.24, 2.45) is 5.92 Å². The lowest BCUT2D eigenvalue weighted by Gasteiger charge is -2.23. The Kier molecular flexibility index (Phi) is 4.22. The highest BCUT2D eigenvalue weighted by atomic mass is 14.9. The van der Waals surface area contributed by atoms with Crippen LogP contribution in [0.5, 0.6) is 0 Å². The quantitative estimate of drug-likeness (QED) is 0.772. The third-order valence-electron chi connectivity index (χ3n) is 3.76. The molecular weight excluding hydrogens is 206 g/mol. The molecule has 0 aliphatic heterocycles. The molecule has 0 saturated heterocycles. The summed E-state index contributed by atoms with van der Waals surface area (Å²) in [7, 11) is 0. The molecule has 0 bridgehead atoms. The molecule has 1 N–H and O–H groups in total. The van der Waals surface area contributed by atoms with E-state index in [1.54, 1.807) is 0 Å². The summed E-state index contributed by atoms with van der Waals surface area (Å²) >= 11 is 0. The Bertz CT molecular complexity index is 337. The highest BCUT2D eigenvalue weighted by Gasteiger charge is 2.24. The molecule has 1 aromatic rings. The van der Waals surface area contributed by atoms with E-state index in [0.29, 0.717) is 12.1 Å². The third-order valence-corrected chi connectivity index (χ3v) is 3.76. The van der Waals surface area contributed by atoms with Gasteiger partial charge in [0.2, 0.25) is 0 Å². The van der Waals surface area contributed by atoms with Gasteiger partial charge >= 0.3 is 0 Å². The van der Waals surface area contributed by atoms with Crippen LogP contribution in [0.25, 0.3) is 0 Å². The van der Waals surface area contributed by atoms with Gasteiger partial charge in [0.1, 0.15) is 0 Å². The van der Waals surface area contributed by atoms with E-state index in [2.05, 4.69) is 50.4 Å². The first kappa shape index (κ1) is 12.6. The van der Waals surface area contributed by atoms with Crippen LogP contribution >= 0.6 is 0 Å². The molecule has 94 valence electrons. The summed E-state index contributed by atoms with van der Waals surface area (Å²) < 4.78 is 0. The monoisotopic (exact) mass is 231 g/mol. The summed E-state index contributed by atoms with van der Waals surface area (Å²) in [5, 5.41) is 3.77. The van der Waals surface area contributed by atoms with Crippen LogP contribution in [0, 0.1) is 12.8 Å². The minimum Gasteiger partial charge on any atom is -0.307 e. The summed E-state index contributed by atoms with van der Waals surface area (Å²) in [5.74, 6) is 1.01. The Morgan fingerprint density at radius 2 is 1.88 bits per heavy atom. The van der Waals surface area contributed by atoms with Crippen LogP contribution in [0.2, 0.25) is 0 Å². The van der Waals surface area contributed by atoms with Gasteiger partial charge in [0, 0.05) is 12.1 Å². The number of nitrogens with one attached hydrogen (secondary N) is 1. The second-order valence-corrected chi connectivity index (χ2v) is 5.62. The first-order valence-electron chi connectivity index (χ1n) is 7.01.